The molecule has 0 aromatic rings. The van der Waals surface area contributed by atoms with Gasteiger partial charge in [-0.15, -0.1) is 0 Å². The molecule has 0 aliphatic heterocycles. The zero-order valence-electron chi connectivity index (χ0n) is 9.95. The van der Waals surface area contributed by atoms with Crippen molar-refractivity contribution < 1.29 is 9.53 Å². The summed E-state index contributed by atoms with van der Waals surface area (Å²) < 4.78 is 5.00. The summed E-state index contributed by atoms with van der Waals surface area (Å²) in [5, 5.41) is 2.97. The Morgan fingerprint density at radius 3 is 2.81 bits per heavy atom. The van der Waals surface area contributed by atoms with E-state index in [0.29, 0.717) is 5.92 Å². The van der Waals surface area contributed by atoms with Crippen molar-refractivity contribution in [2.24, 2.45) is 23.5 Å². The van der Waals surface area contributed by atoms with Gasteiger partial charge < -0.3 is 15.8 Å². The van der Waals surface area contributed by atoms with E-state index in [1.807, 2.05) is 0 Å². The molecule has 0 aromatic carbocycles. The summed E-state index contributed by atoms with van der Waals surface area (Å²) >= 11 is 0. The number of carbonyl (C=O) groups is 1. The van der Waals surface area contributed by atoms with Crippen molar-refractivity contribution in [3.63, 3.8) is 0 Å². The molecule has 2 fully saturated rings. The van der Waals surface area contributed by atoms with Gasteiger partial charge in [-0.1, -0.05) is 6.42 Å². The van der Waals surface area contributed by atoms with Crippen molar-refractivity contribution in [1.82, 2.24) is 5.32 Å². The highest BCUT2D eigenvalue weighted by Gasteiger charge is 2.39. The summed E-state index contributed by atoms with van der Waals surface area (Å²) in [7, 11) is 1.52. The van der Waals surface area contributed by atoms with Crippen LogP contribution in [0.1, 0.15) is 25.7 Å². The lowest BCUT2D eigenvalue weighted by Gasteiger charge is -2.23. The summed E-state index contributed by atoms with van der Waals surface area (Å²) in [4.78, 5) is 11.7. The minimum atomic E-state index is -0.487. The Morgan fingerprint density at radius 1 is 1.50 bits per heavy atom. The Balaban J connectivity index is 1.73. The van der Waals surface area contributed by atoms with Crippen LogP contribution >= 0.6 is 0 Å². The SMILES string of the molecule is COC(CN)C(=O)NCC1CC2CCC1C2. The van der Waals surface area contributed by atoms with Gasteiger partial charge in [0.15, 0.2) is 0 Å². The molecule has 2 aliphatic rings. The second kappa shape index (κ2) is 5.15. The number of ether oxygens (including phenoxy) is 1. The molecule has 1 amide bonds. The summed E-state index contributed by atoms with van der Waals surface area (Å²) in [5.41, 5.74) is 5.44. The molecule has 0 heterocycles. The quantitative estimate of drug-likeness (QED) is 0.718. The van der Waals surface area contributed by atoms with Gasteiger partial charge in [-0.05, 0) is 37.0 Å². The Hall–Kier alpha value is -0.610. The fourth-order valence-electron chi connectivity index (χ4n) is 3.28. The maximum atomic E-state index is 11.7. The summed E-state index contributed by atoms with van der Waals surface area (Å²) in [5.74, 6) is 2.41. The van der Waals surface area contributed by atoms with Crippen LogP contribution in [-0.4, -0.2) is 32.2 Å². The number of amides is 1. The normalized spacial score (nSPS) is 34.0. The average Bonchev–Trinajstić information content (AvgIpc) is 2.89. The van der Waals surface area contributed by atoms with Gasteiger partial charge in [0.25, 0.3) is 0 Å². The zero-order chi connectivity index (χ0) is 11.5. The zero-order valence-corrected chi connectivity index (χ0v) is 9.95. The van der Waals surface area contributed by atoms with Gasteiger partial charge in [0.2, 0.25) is 5.91 Å². The molecule has 4 nitrogen and oxygen atoms in total. The third-order valence-corrected chi connectivity index (χ3v) is 4.21. The summed E-state index contributed by atoms with van der Waals surface area (Å²) in [6.07, 6.45) is 4.95. The van der Waals surface area contributed by atoms with Crippen LogP contribution in [0.25, 0.3) is 0 Å². The van der Waals surface area contributed by atoms with Crippen molar-refractivity contribution in [1.29, 1.82) is 0 Å². The highest BCUT2D eigenvalue weighted by Crippen LogP contribution is 2.47. The average molecular weight is 226 g/mol. The second-order valence-electron chi connectivity index (χ2n) is 5.14. The fraction of sp³-hybridized carbons (Fsp3) is 0.917. The van der Waals surface area contributed by atoms with E-state index < -0.39 is 6.10 Å². The predicted octanol–water partition coefficient (Wildman–Crippen LogP) is 0.513. The first kappa shape index (κ1) is 11.9. The first-order chi connectivity index (χ1) is 7.74. The Kier molecular flexibility index (Phi) is 3.82. The van der Waals surface area contributed by atoms with Crippen LogP contribution in [0.15, 0.2) is 0 Å². The molecular formula is C12H22N2O2. The monoisotopic (exact) mass is 226 g/mol. The highest BCUT2D eigenvalue weighted by molar-refractivity contribution is 5.80. The number of nitrogens with one attached hydrogen (secondary N) is 1. The lowest BCUT2D eigenvalue weighted by Crippen LogP contribution is -2.42. The lowest BCUT2D eigenvalue weighted by molar-refractivity contribution is -0.130. The van der Waals surface area contributed by atoms with Crippen LogP contribution in [0.4, 0.5) is 0 Å². The molecule has 4 atom stereocenters. The number of hydrogen-bond acceptors (Lipinski definition) is 3. The van der Waals surface area contributed by atoms with Gasteiger partial charge >= 0.3 is 0 Å². The van der Waals surface area contributed by atoms with Crippen molar-refractivity contribution in [3.8, 4) is 0 Å². The van der Waals surface area contributed by atoms with Crippen LogP contribution < -0.4 is 11.1 Å². The minimum Gasteiger partial charge on any atom is -0.370 e. The predicted molar refractivity (Wildman–Crippen MR) is 61.8 cm³/mol. The summed E-state index contributed by atoms with van der Waals surface area (Å²) in [6, 6.07) is 0. The molecule has 0 spiro atoms. The van der Waals surface area contributed by atoms with E-state index in [2.05, 4.69) is 5.32 Å². The molecule has 4 heteroatoms. The third-order valence-electron chi connectivity index (χ3n) is 4.21. The number of carbonyl (C=O) groups excluding carboxylic acids is 1. The number of nitrogens with two attached hydrogens (primary N) is 1. The van der Waals surface area contributed by atoms with Gasteiger partial charge in [0, 0.05) is 20.2 Å². The molecule has 0 radical (unpaired) electrons. The topological polar surface area (TPSA) is 64.3 Å². The number of rotatable bonds is 5. The van der Waals surface area contributed by atoms with Crippen molar-refractivity contribution in [2.45, 2.75) is 31.8 Å². The van der Waals surface area contributed by atoms with E-state index >= 15 is 0 Å². The third kappa shape index (κ3) is 2.38. The van der Waals surface area contributed by atoms with E-state index in [4.69, 9.17) is 10.5 Å². The maximum absolute atomic E-state index is 11.7. The van der Waals surface area contributed by atoms with E-state index in [-0.39, 0.29) is 12.5 Å². The van der Waals surface area contributed by atoms with Crippen LogP contribution in [0, 0.1) is 17.8 Å². The van der Waals surface area contributed by atoms with Gasteiger partial charge in [-0.2, -0.15) is 0 Å². The Morgan fingerprint density at radius 2 is 2.31 bits per heavy atom. The van der Waals surface area contributed by atoms with Gasteiger partial charge in [0.1, 0.15) is 6.10 Å². The molecule has 16 heavy (non-hydrogen) atoms. The van der Waals surface area contributed by atoms with E-state index in [0.717, 1.165) is 18.4 Å². The smallest absolute Gasteiger partial charge is 0.250 e. The molecule has 0 saturated heterocycles. The van der Waals surface area contributed by atoms with Crippen LogP contribution in [0.3, 0.4) is 0 Å². The van der Waals surface area contributed by atoms with Crippen molar-refractivity contribution in [2.75, 3.05) is 20.2 Å². The maximum Gasteiger partial charge on any atom is 0.250 e. The van der Waals surface area contributed by atoms with Gasteiger partial charge in [-0.3, -0.25) is 4.79 Å². The second-order valence-corrected chi connectivity index (χ2v) is 5.14. The standard InChI is InChI=1S/C12H22N2O2/c1-16-11(6-13)12(15)14-7-10-5-8-2-3-9(10)4-8/h8-11H,2-7,13H2,1H3,(H,14,15). The molecule has 92 valence electrons. The molecule has 2 bridgehead atoms. The molecule has 2 rings (SSSR count). The van der Waals surface area contributed by atoms with Crippen molar-refractivity contribution in [3.05, 3.63) is 0 Å². The first-order valence-corrected chi connectivity index (χ1v) is 6.25. The molecular weight excluding hydrogens is 204 g/mol. The molecule has 4 unspecified atom stereocenters. The first-order valence-electron chi connectivity index (χ1n) is 6.25. The van der Waals surface area contributed by atoms with E-state index in [1.165, 1.54) is 32.8 Å². The van der Waals surface area contributed by atoms with Crippen LogP contribution in [-0.2, 0) is 9.53 Å². The molecule has 2 saturated carbocycles. The number of hydrogen-bond donors (Lipinski definition) is 2. The van der Waals surface area contributed by atoms with Crippen LogP contribution in [0.5, 0.6) is 0 Å². The molecule has 2 aliphatic carbocycles. The number of methoxy groups -OCH3 is 1. The lowest BCUT2D eigenvalue weighted by atomic mass is 9.89. The van der Waals surface area contributed by atoms with E-state index in [9.17, 15) is 4.79 Å². The molecule has 3 N–H and O–H groups in total. The largest absolute Gasteiger partial charge is 0.370 e. The highest BCUT2D eigenvalue weighted by atomic mass is 16.5. The Bertz CT molecular complexity index is 253. The van der Waals surface area contributed by atoms with Gasteiger partial charge in [-0.25, -0.2) is 0 Å². The summed E-state index contributed by atoms with van der Waals surface area (Å²) in [6.45, 7) is 1.05. The minimum absolute atomic E-state index is 0.0622. The fourth-order valence-corrected chi connectivity index (χ4v) is 3.28. The van der Waals surface area contributed by atoms with Crippen molar-refractivity contribution >= 4 is 5.91 Å². The van der Waals surface area contributed by atoms with E-state index in [1.54, 1.807) is 0 Å². The number of fused-ring (bicyclic) bond motifs is 2. The van der Waals surface area contributed by atoms with Gasteiger partial charge in [0.05, 0.1) is 0 Å². The molecule has 0 aromatic heterocycles. The Labute approximate surface area is 96.9 Å². The van der Waals surface area contributed by atoms with Crippen LogP contribution in [0.2, 0.25) is 0 Å².